The van der Waals surface area contributed by atoms with Gasteiger partial charge in [0.2, 0.25) is 0 Å². The molecule has 6 nitrogen and oxygen atoms in total. The van der Waals surface area contributed by atoms with E-state index in [4.69, 9.17) is 14.2 Å². The van der Waals surface area contributed by atoms with Crippen LogP contribution in [0.25, 0.3) is 0 Å². The summed E-state index contributed by atoms with van der Waals surface area (Å²) in [6.07, 6.45) is 4.88. The lowest BCUT2D eigenvalue weighted by atomic mass is 10.2. The molecule has 6 heteroatoms. The Morgan fingerprint density at radius 1 is 1.07 bits per heavy atom. The quantitative estimate of drug-likeness (QED) is 0.354. The van der Waals surface area contributed by atoms with Gasteiger partial charge in [-0.1, -0.05) is 25.8 Å². The highest BCUT2D eigenvalue weighted by Crippen LogP contribution is 2.28. The van der Waals surface area contributed by atoms with E-state index in [1.165, 1.54) is 0 Å². The first kappa shape index (κ1) is 21.3. The molecule has 0 aliphatic carbocycles. The lowest BCUT2D eigenvalue weighted by molar-refractivity contribution is 0.0955. The number of carbonyl (C=O) groups is 1. The van der Waals surface area contributed by atoms with Crippen molar-refractivity contribution < 1.29 is 19.0 Å². The van der Waals surface area contributed by atoms with Gasteiger partial charge in [-0.25, -0.2) is 5.43 Å². The van der Waals surface area contributed by atoms with Crippen LogP contribution in [0.3, 0.4) is 0 Å². The molecule has 1 N–H and O–H groups in total. The highest BCUT2D eigenvalue weighted by molar-refractivity contribution is 5.95. The van der Waals surface area contributed by atoms with E-state index in [0.717, 1.165) is 30.6 Å². The molecule has 2 rings (SSSR count). The standard InChI is InChI=1S/C22H28N2O4/c1-4-6-7-13-28-20-12-11-17(14-21(20)27-5-2)16-23-24-22(25)18-9-8-10-19(15-18)26-3/h8-12,14-16H,4-7,13H2,1-3H3,(H,24,25)/b23-16+. The number of hydrogen-bond donors (Lipinski definition) is 1. The van der Waals surface area contributed by atoms with Gasteiger partial charge in [0.1, 0.15) is 5.75 Å². The molecule has 0 aromatic heterocycles. The van der Waals surface area contributed by atoms with Crippen LogP contribution in [0.1, 0.15) is 49.0 Å². The number of benzene rings is 2. The van der Waals surface area contributed by atoms with Crippen molar-refractivity contribution in [2.24, 2.45) is 5.10 Å². The van der Waals surface area contributed by atoms with Crippen molar-refractivity contribution in [3.05, 3.63) is 53.6 Å². The molecule has 150 valence electrons. The number of amides is 1. The van der Waals surface area contributed by atoms with Crippen LogP contribution in [0.5, 0.6) is 17.2 Å². The molecule has 0 aliphatic rings. The lowest BCUT2D eigenvalue weighted by Crippen LogP contribution is -2.17. The minimum Gasteiger partial charge on any atom is -0.497 e. The van der Waals surface area contributed by atoms with E-state index in [9.17, 15) is 4.79 Å². The van der Waals surface area contributed by atoms with Crippen molar-refractivity contribution in [1.29, 1.82) is 0 Å². The summed E-state index contributed by atoms with van der Waals surface area (Å²) < 4.78 is 16.6. The highest BCUT2D eigenvalue weighted by Gasteiger charge is 2.07. The summed E-state index contributed by atoms with van der Waals surface area (Å²) in [6, 6.07) is 12.5. The molecule has 0 spiro atoms. The first-order chi connectivity index (χ1) is 13.7. The molecule has 0 radical (unpaired) electrons. The Labute approximate surface area is 166 Å². The summed E-state index contributed by atoms with van der Waals surface area (Å²) in [4.78, 5) is 12.2. The zero-order chi connectivity index (χ0) is 20.2. The maximum absolute atomic E-state index is 12.2. The molecular formula is C22H28N2O4. The predicted octanol–water partition coefficient (Wildman–Crippen LogP) is 4.43. The highest BCUT2D eigenvalue weighted by atomic mass is 16.5. The number of nitrogens with one attached hydrogen (secondary N) is 1. The van der Waals surface area contributed by atoms with Crippen LogP contribution in [0.4, 0.5) is 0 Å². The van der Waals surface area contributed by atoms with Gasteiger partial charge in [0.15, 0.2) is 11.5 Å². The van der Waals surface area contributed by atoms with E-state index in [-0.39, 0.29) is 5.91 Å². The van der Waals surface area contributed by atoms with Crippen molar-refractivity contribution in [3.8, 4) is 17.2 Å². The molecule has 0 atom stereocenters. The molecule has 28 heavy (non-hydrogen) atoms. The topological polar surface area (TPSA) is 69.2 Å². The Morgan fingerprint density at radius 3 is 2.68 bits per heavy atom. The molecule has 0 heterocycles. The van der Waals surface area contributed by atoms with Gasteiger partial charge in [-0.15, -0.1) is 0 Å². The molecule has 1 amide bonds. The molecule has 0 bridgehead atoms. The third-order valence-corrected chi connectivity index (χ3v) is 3.98. The molecule has 0 unspecified atom stereocenters. The van der Waals surface area contributed by atoms with Crippen molar-refractivity contribution >= 4 is 12.1 Å². The van der Waals surface area contributed by atoms with Gasteiger partial charge in [-0.3, -0.25) is 4.79 Å². The lowest BCUT2D eigenvalue weighted by Gasteiger charge is -2.12. The number of ether oxygens (including phenoxy) is 3. The molecule has 2 aromatic carbocycles. The SMILES string of the molecule is CCCCCOc1ccc(/C=N/NC(=O)c2cccc(OC)c2)cc1OCC. The van der Waals surface area contributed by atoms with Crippen molar-refractivity contribution in [2.75, 3.05) is 20.3 Å². The molecule has 0 fully saturated rings. The Hall–Kier alpha value is -3.02. The summed E-state index contributed by atoms with van der Waals surface area (Å²) in [5.74, 6) is 1.70. The van der Waals surface area contributed by atoms with Crippen molar-refractivity contribution in [2.45, 2.75) is 33.1 Å². The van der Waals surface area contributed by atoms with Gasteiger partial charge in [-0.2, -0.15) is 5.10 Å². The van der Waals surface area contributed by atoms with Crippen LogP contribution in [0.15, 0.2) is 47.6 Å². The molecule has 0 aliphatic heterocycles. The number of unbranched alkanes of at least 4 members (excludes halogenated alkanes) is 2. The number of carbonyl (C=O) groups excluding carboxylic acids is 1. The number of hydrogen-bond acceptors (Lipinski definition) is 5. The van der Waals surface area contributed by atoms with Crippen LogP contribution in [0.2, 0.25) is 0 Å². The van der Waals surface area contributed by atoms with Gasteiger partial charge in [0, 0.05) is 5.56 Å². The smallest absolute Gasteiger partial charge is 0.271 e. The third-order valence-electron chi connectivity index (χ3n) is 3.98. The maximum Gasteiger partial charge on any atom is 0.271 e. The summed E-state index contributed by atoms with van der Waals surface area (Å²) in [7, 11) is 1.56. The largest absolute Gasteiger partial charge is 0.497 e. The Balaban J connectivity index is 1.99. The normalized spacial score (nSPS) is 10.7. The number of rotatable bonds is 11. The summed E-state index contributed by atoms with van der Waals surface area (Å²) in [5.41, 5.74) is 3.79. The monoisotopic (exact) mass is 384 g/mol. The van der Waals surface area contributed by atoms with Crippen molar-refractivity contribution in [3.63, 3.8) is 0 Å². The fourth-order valence-electron chi connectivity index (χ4n) is 2.52. The van der Waals surface area contributed by atoms with Crippen LogP contribution in [-0.4, -0.2) is 32.4 Å². The van der Waals surface area contributed by atoms with E-state index < -0.39 is 0 Å². The fourth-order valence-corrected chi connectivity index (χ4v) is 2.52. The van der Waals surface area contributed by atoms with Crippen LogP contribution in [0, 0.1) is 0 Å². The first-order valence-electron chi connectivity index (χ1n) is 9.55. The first-order valence-corrected chi connectivity index (χ1v) is 9.55. The van der Waals surface area contributed by atoms with Gasteiger partial charge >= 0.3 is 0 Å². The molecular weight excluding hydrogens is 356 g/mol. The van der Waals surface area contributed by atoms with E-state index >= 15 is 0 Å². The minimum atomic E-state index is -0.309. The molecule has 0 saturated heterocycles. The van der Waals surface area contributed by atoms with E-state index in [1.807, 2.05) is 25.1 Å². The Bertz CT molecular complexity index is 790. The van der Waals surface area contributed by atoms with Crippen LogP contribution in [-0.2, 0) is 0 Å². The second-order valence-electron chi connectivity index (χ2n) is 6.13. The fraction of sp³-hybridized carbons (Fsp3) is 0.364. The van der Waals surface area contributed by atoms with Gasteiger partial charge in [0.05, 0.1) is 26.5 Å². The third kappa shape index (κ3) is 6.61. The van der Waals surface area contributed by atoms with E-state index in [1.54, 1.807) is 37.6 Å². The van der Waals surface area contributed by atoms with Crippen LogP contribution < -0.4 is 19.6 Å². The maximum atomic E-state index is 12.2. The zero-order valence-corrected chi connectivity index (χ0v) is 16.7. The number of methoxy groups -OCH3 is 1. The Kier molecular flexibility index (Phi) is 8.85. The van der Waals surface area contributed by atoms with Crippen molar-refractivity contribution in [1.82, 2.24) is 5.43 Å². The van der Waals surface area contributed by atoms with Gasteiger partial charge in [0.25, 0.3) is 5.91 Å². The second kappa shape index (κ2) is 11.6. The minimum absolute atomic E-state index is 0.309. The average molecular weight is 384 g/mol. The predicted molar refractivity (Wildman–Crippen MR) is 111 cm³/mol. The Morgan fingerprint density at radius 2 is 1.93 bits per heavy atom. The van der Waals surface area contributed by atoms with Gasteiger partial charge < -0.3 is 14.2 Å². The zero-order valence-electron chi connectivity index (χ0n) is 16.7. The number of nitrogens with zero attached hydrogens (tertiary/aromatic N) is 1. The van der Waals surface area contributed by atoms with E-state index in [2.05, 4.69) is 17.5 Å². The molecule has 2 aromatic rings. The average Bonchev–Trinajstić information content (AvgIpc) is 2.72. The number of hydrazone groups is 1. The second-order valence-corrected chi connectivity index (χ2v) is 6.13. The summed E-state index contributed by atoms with van der Waals surface area (Å²) in [5, 5.41) is 4.03. The van der Waals surface area contributed by atoms with Gasteiger partial charge in [-0.05, 0) is 55.3 Å². The van der Waals surface area contributed by atoms with Crippen LogP contribution >= 0.6 is 0 Å². The van der Waals surface area contributed by atoms with E-state index in [0.29, 0.717) is 30.3 Å². The summed E-state index contributed by atoms with van der Waals surface area (Å²) >= 11 is 0. The summed E-state index contributed by atoms with van der Waals surface area (Å²) in [6.45, 7) is 5.29. The molecule has 0 saturated carbocycles.